The molecule has 0 spiro atoms. The molecule has 0 unspecified atom stereocenters. The Kier molecular flexibility index (Phi) is 4.22. The van der Waals surface area contributed by atoms with Crippen molar-refractivity contribution in [3.8, 4) is 0 Å². The second-order valence-electron chi connectivity index (χ2n) is 3.43. The highest BCUT2D eigenvalue weighted by molar-refractivity contribution is 14.1. The van der Waals surface area contributed by atoms with E-state index in [1.54, 1.807) is 6.20 Å². The van der Waals surface area contributed by atoms with E-state index in [1.807, 2.05) is 25.2 Å². The number of aromatic nitrogens is 1. The van der Waals surface area contributed by atoms with Crippen molar-refractivity contribution < 1.29 is 0 Å². The quantitative estimate of drug-likeness (QED) is 0.753. The smallest absolute Gasteiger partial charge is 0.127 e. The number of rotatable bonds is 3. The van der Waals surface area contributed by atoms with Crippen molar-refractivity contribution in [1.82, 2.24) is 4.98 Å². The lowest BCUT2D eigenvalue weighted by molar-refractivity contribution is 1.28. The number of anilines is 3. The van der Waals surface area contributed by atoms with Crippen LogP contribution in [0.2, 0.25) is 0 Å². The molecule has 0 atom stereocenters. The lowest BCUT2D eigenvalue weighted by Crippen LogP contribution is -1.96. The lowest BCUT2D eigenvalue weighted by Gasteiger charge is -2.10. The fourth-order valence-electron chi connectivity index (χ4n) is 1.39. The van der Waals surface area contributed by atoms with Crippen LogP contribution in [0, 0.1) is 3.57 Å². The van der Waals surface area contributed by atoms with Crippen molar-refractivity contribution in [2.75, 3.05) is 17.7 Å². The highest BCUT2D eigenvalue weighted by Gasteiger charge is 2.02. The number of benzene rings is 1. The van der Waals surface area contributed by atoms with Crippen molar-refractivity contribution >= 4 is 55.7 Å². The Morgan fingerprint density at radius 3 is 2.82 bits per heavy atom. The molecule has 0 aliphatic rings. The van der Waals surface area contributed by atoms with Gasteiger partial charge in [0, 0.05) is 33.0 Å². The first kappa shape index (κ1) is 12.6. The molecule has 0 saturated carbocycles. The molecule has 0 bridgehead atoms. The summed E-state index contributed by atoms with van der Waals surface area (Å²) in [4.78, 5) is 4.18. The average molecular weight is 404 g/mol. The van der Waals surface area contributed by atoms with Crippen LogP contribution in [0.25, 0.3) is 0 Å². The van der Waals surface area contributed by atoms with Gasteiger partial charge in [-0.25, -0.2) is 4.98 Å². The number of hydrogen-bond acceptors (Lipinski definition) is 3. The number of pyridine rings is 1. The zero-order valence-electron chi connectivity index (χ0n) is 9.17. The zero-order chi connectivity index (χ0) is 12.3. The summed E-state index contributed by atoms with van der Waals surface area (Å²) in [5.41, 5.74) is 2.05. The van der Waals surface area contributed by atoms with Crippen LogP contribution in [0.5, 0.6) is 0 Å². The van der Waals surface area contributed by atoms with Gasteiger partial charge >= 0.3 is 0 Å². The van der Waals surface area contributed by atoms with E-state index in [-0.39, 0.29) is 0 Å². The van der Waals surface area contributed by atoms with Crippen LogP contribution in [-0.4, -0.2) is 12.0 Å². The lowest BCUT2D eigenvalue weighted by atomic mass is 10.3. The van der Waals surface area contributed by atoms with Crippen LogP contribution in [0.1, 0.15) is 0 Å². The molecule has 1 aromatic heterocycles. The highest BCUT2D eigenvalue weighted by atomic mass is 127. The number of hydrogen-bond donors (Lipinski definition) is 2. The van der Waals surface area contributed by atoms with E-state index in [0.29, 0.717) is 0 Å². The van der Waals surface area contributed by atoms with Crippen LogP contribution in [0.3, 0.4) is 0 Å². The van der Waals surface area contributed by atoms with Crippen LogP contribution in [0.4, 0.5) is 17.2 Å². The van der Waals surface area contributed by atoms with E-state index in [2.05, 4.69) is 66.3 Å². The third-order valence-corrected chi connectivity index (χ3v) is 3.59. The molecule has 0 amide bonds. The Balaban J connectivity index is 2.27. The summed E-state index contributed by atoms with van der Waals surface area (Å²) in [5.74, 6) is 0.844. The molecule has 1 heterocycles. The van der Waals surface area contributed by atoms with E-state index >= 15 is 0 Å². The van der Waals surface area contributed by atoms with Gasteiger partial charge in [0.15, 0.2) is 0 Å². The zero-order valence-corrected chi connectivity index (χ0v) is 12.9. The van der Waals surface area contributed by atoms with Gasteiger partial charge in [-0.05, 0) is 62.8 Å². The van der Waals surface area contributed by atoms with Crippen LogP contribution >= 0.6 is 38.5 Å². The molecule has 0 aliphatic carbocycles. The third kappa shape index (κ3) is 3.32. The molecule has 2 aromatic rings. The maximum absolute atomic E-state index is 4.18. The Morgan fingerprint density at radius 2 is 2.06 bits per heavy atom. The molecule has 1 aromatic carbocycles. The summed E-state index contributed by atoms with van der Waals surface area (Å²) in [5, 5.41) is 6.37. The SMILES string of the molecule is CNc1cc(Nc2cc(I)ccc2Br)ccn1. The molecular formula is C12H11BrIN3. The first-order chi connectivity index (χ1) is 8.19. The minimum atomic E-state index is 0.844. The Bertz CT molecular complexity index is 531. The van der Waals surface area contributed by atoms with Crippen molar-refractivity contribution in [3.05, 3.63) is 44.6 Å². The molecule has 5 heteroatoms. The van der Waals surface area contributed by atoms with Crippen LogP contribution in [-0.2, 0) is 0 Å². The molecule has 2 rings (SSSR count). The number of nitrogens with one attached hydrogen (secondary N) is 2. The van der Waals surface area contributed by atoms with Crippen molar-refractivity contribution in [3.63, 3.8) is 0 Å². The minimum absolute atomic E-state index is 0.844. The minimum Gasteiger partial charge on any atom is -0.373 e. The van der Waals surface area contributed by atoms with Gasteiger partial charge in [0.2, 0.25) is 0 Å². The first-order valence-electron chi connectivity index (χ1n) is 5.05. The summed E-state index contributed by atoms with van der Waals surface area (Å²) in [6, 6.07) is 10.1. The van der Waals surface area contributed by atoms with Crippen molar-refractivity contribution in [2.45, 2.75) is 0 Å². The summed E-state index contributed by atoms with van der Waals surface area (Å²) < 4.78 is 2.23. The largest absolute Gasteiger partial charge is 0.373 e. The Hall–Kier alpha value is -0.820. The van der Waals surface area contributed by atoms with E-state index < -0.39 is 0 Å². The highest BCUT2D eigenvalue weighted by Crippen LogP contribution is 2.28. The Morgan fingerprint density at radius 1 is 1.24 bits per heavy atom. The first-order valence-corrected chi connectivity index (χ1v) is 6.92. The van der Waals surface area contributed by atoms with Gasteiger partial charge in [-0.3, -0.25) is 0 Å². The second-order valence-corrected chi connectivity index (χ2v) is 5.53. The normalized spacial score (nSPS) is 10.1. The fraction of sp³-hybridized carbons (Fsp3) is 0.0833. The van der Waals surface area contributed by atoms with Gasteiger partial charge in [0.1, 0.15) is 5.82 Å². The molecular weight excluding hydrogens is 393 g/mol. The van der Waals surface area contributed by atoms with Gasteiger partial charge in [0.25, 0.3) is 0 Å². The maximum atomic E-state index is 4.18. The summed E-state index contributed by atoms with van der Waals surface area (Å²) in [6.07, 6.45) is 1.77. The number of halogens is 2. The predicted octanol–water partition coefficient (Wildman–Crippen LogP) is 4.23. The maximum Gasteiger partial charge on any atom is 0.127 e. The monoisotopic (exact) mass is 403 g/mol. The van der Waals surface area contributed by atoms with E-state index in [0.717, 1.165) is 21.7 Å². The Labute approximate surface area is 122 Å². The fourth-order valence-corrected chi connectivity index (χ4v) is 2.23. The predicted molar refractivity (Wildman–Crippen MR) is 83.9 cm³/mol. The second kappa shape index (κ2) is 5.68. The van der Waals surface area contributed by atoms with Gasteiger partial charge in [-0.2, -0.15) is 0 Å². The van der Waals surface area contributed by atoms with Gasteiger partial charge in [-0.1, -0.05) is 0 Å². The van der Waals surface area contributed by atoms with E-state index in [9.17, 15) is 0 Å². The van der Waals surface area contributed by atoms with Gasteiger partial charge in [-0.15, -0.1) is 0 Å². The summed E-state index contributed by atoms with van der Waals surface area (Å²) in [6.45, 7) is 0. The number of nitrogens with zero attached hydrogens (tertiary/aromatic N) is 1. The molecule has 0 radical (unpaired) electrons. The molecule has 0 aliphatic heterocycles. The van der Waals surface area contributed by atoms with E-state index in [1.165, 1.54) is 3.57 Å². The van der Waals surface area contributed by atoms with Crippen molar-refractivity contribution in [1.29, 1.82) is 0 Å². The molecule has 17 heavy (non-hydrogen) atoms. The molecule has 88 valence electrons. The molecule has 0 saturated heterocycles. The van der Waals surface area contributed by atoms with Crippen molar-refractivity contribution in [2.24, 2.45) is 0 Å². The summed E-state index contributed by atoms with van der Waals surface area (Å²) >= 11 is 5.82. The average Bonchev–Trinajstić information content (AvgIpc) is 2.34. The van der Waals surface area contributed by atoms with Crippen LogP contribution < -0.4 is 10.6 Å². The summed E-state index contributed by atoms with van der Waals surface area (Å²) in [7, 11) is 1.85. The van der Waals surface area contributed by atoms with Crippen LogP contribution in [0.15, 0.2) is 41.0 Å². The standard InChI is InChI=1S/C12H11BrIN3/c1-15-12-7-9(4-5-16-12)17-11-6-8(14)2-3-10(11)13/h2-7H,1H3,(H2,15,16,17). The third-order valence-electron chi connectivity index (χ3n) is 2.22. The molecule has 2 N–H and O–H groups in total. The molecule has 3 nitrogen and oxygen atoms in total. The van der Waals surface area contributed by atoms with E-state index in [4.69, 9.17) is 0 Å². The van der Waals surface area contributed by atoms with Gasteiger partial charge < -0.3 is 10.6 Å². The van der Waals surface area contributed by atoms with Gasteiger partial charge in [0.05, 0.1) is 5.69 Å². The molecule has 0 fully saturated rings. The topological polar surface area (TPSA) is 37.0 Å².